The average Bonchev–Trinajstić information content (AvgIpc) is 3.29. The van der Waals surface area contributed by atoms with Gasteiger partial charge in [0.15, 0.2) is 5.69 Å². The Morgan fingerprint density at radius 2 is 1.97 bits per heavy atom. The topological polar surface area (TPSA) is 114 Å². The Hall–Kier alpha value is -3.40. The van der Waals surface area contributed by atoms with E-state index < -0.39 is 5.91 Å². The van der Waals surface area contributed by atoms with E-state index in [9.17, 15) is 14.4 Å². The van der Waals surface area contributed by atoms with Crippen LogP contribution in [0, 0.1) is 12.8 Å². The highest BCUT2D eigenvalue weighted by atomic mass is 16.5. The number of hydrogen-bond acceptors (Lipinski definition) is 7. The summed E-state index contributed by atoms with van der Waals surface area (Å²) in [4.78, 5) is 42.0. The third kappa shape index (κ3) is 6.19. The normalized spacial score (nSPS) is 21.4. The first-order valence-electron chi connectivity index (χ1n) is 11.7. The van der Waals surface area contributed by atoms with Gasteiger partial charge < -0.3 is 29.1 Å². The first-order chi connectivity index (χ1) is 16.6. The number of aromatic nitrogens is 1. The fraction of sp³-hybridized carbons (Fsp3) is 0.520. The van der Waals surface area contributed by atoms with Crippen molar-refractivity contribution in [1.82, 2.24) is 15.0 Å². The summed E-state index contributed by atoms with van der Waals surface area (Å²) in [7, 11) is 3.30. The smallest absolute Gasteiger partial charge is 0.277 e. The molecule has 1 aromatic carbocycles. The zero-order valence-corrected chi connectivity index (χ0v) is 21.2. The van der Waals surface area contributed by atoms with Crippen LogP contribution < -0.4 is 10.1 Å². The van der Waals surface area contributed by atoms with Gasteiger partial charge in [0.05, 0.1) is 17.7 Å². The van der Waals surface area contributed by atoms with Gasteiger partial charge in [-0.15, -0.1) is 0 Å². The van der Waals surface area contributed by atoms with Crippen LogP contribution in [0.3, 0.4) is 0 Å². The number of amides is 3. The van der Waals surface area contributed by atoms with Crippen molar-refractivity contribution in [3.63, 3.8) is 0 Å². The van der Waals surface area contributed by atoms with Gasteiger partial charge in [0, 0.05) is 51.3 Å². The molecule has 0 unspecified atom stereocenters. The van der Waals surface area contributed by atoms with E-state index in [1.807, 2.05) is 25.7 Å². The number of rotatable bonds is 4. The minimum absolute atomic E-state index is 0.0105. The summed E-state index contributed by atoms with van der Waals surface area (Å²) in [6.45, 7) is 8.50. The lowest BCUT2D eigenvalue weighted by Crippen LogP contribution is -2.48. The molecule has 1 N–H and O–H groups in total. The molecule has 0 bridgehead atoms. The number of benzene rings is 1. The SMILES string of the molecule is CCC(=O)N1C[C@@H](C)[C@@H](OC)CN(C)C(=O)c2cc(NC(=O)c3cc(C)on3)ccc2OC[C@@H]1C. The van der Waals surface area contributed by atoms with Gasteiger partial charge >= 0.3 is 0 Å². The van der Waals surface area contributed by atoms with Crippen LogP contribution in [0.15, 0.2) is 28.8 Å². The van der Waals surface area contributed by atoms with Crippen LogP contribution in [-0.4, -0.2) is 78.7 Å². The maximum atomic E-state index is 13.4. The molecule has 35 heavy (non-hydrogen) atoms. The second kappa shape index (κ2) is 11.4. The van der Waals surface area contributed by atoms with Gasteiger partial charge in [-0.3, -0.25) is 14.4 Å². The second-order valence-electron chi connectivity index (χ2n) is 8.98. The average molecular weight is 487 g/mol. The van der Waals surface area contributed by atoms with Crippen molar-refractivity contribution in [1.29, 1.82) is 0 Å². The molecule has 3 rings (SSSR count). The number of carbonyl (C=O) groups excluding carboxylic acids is 3. The summed E-state index contributed by atoms with van der Waals surface area (Å²) in [6.07, 6.45) is 0.114. The molecule has 0 fully saturated rings. The van der Waals surface area contributed by atoms with Crippen LogP contribution in [0.5, 0.6) is 5.75 Å². The molecule has 2 heterocycles. The highest BCUT2D eigenvalue weighted by Crippen LogP contribution is 2.27. The van der Waals surface area contributed by atoms with Gasteiger partial charge in [-0.05, 0) is 32.0 Å². The zero-order valence-electron chi connectivity index (χ0n) is 21.2. The molecule has 3 atom stereocenters. The van der Waals surface area contributed by atoms with Crippen molar-refractivity contribution in [2.45, 2.75) is 46.3 Å². The van der Waals surface area contributed by atoms with Crippen LogP contribution >= 0.6 is 0 Å². The number of nitrogens with one attached hydrogen (secondary N) is 1. The molecule has 0 aliphatic carbocycles. The van der Waals surface area contributed by atoms with Crippen LogP contribution in [-0.2, 0) is 9.53 Å². The van der Waals surface area contributed by atoms with Crippen molar-refractivity contribution in [3.8, 4) is 5.75 Å². The number of hydrogen-bond donors (Lipinski definition) is 1. The van der Waals surface area contributed by atoms with Gasteiger partial charge in [-0.1, -0.05) is 19.0 Å². The molecule has 3 amide bonds. The van der Waals surface area contributed by atoms with E-state index in [0.29, 0.717) is 42.3 Å². The lowest BCUT2D eigenvalue weighted by Gasteiger charge is -2.36. The number of carbonyl (C=O) groups is 3. The molecule has 2 aromatic rings. The predicted octanol–water partition coefficient (Wildman–Crippen LogP) is 2.98. The summed E-state index contributed by atoms with van der Waals surface area (Å²) in [5.74, 6) is 0.193. The Morgan fingerprint density at radius 1 is 1.23 bits per heavy atom. The predicted molar refractivity (Wildman–Crippen MR) is 130 cm³/mol. The Kier molecular flexibility index (Phi) is 8.50. The number of nitrogens with zero attached hydrogens (tertiary/aromatic N) is 3. The molecule has 1 aliphatic rings. The van der Waals surface area contributed by atoms with E-state index in [1.165, 1.54) is 6.07 Å². The van der Waals surface area contributed by atoms with E-state index in [0.717, 1.165) is 0 Å². The number of fused-ring (bicyclic) bond motifs is 1. The van der Waals surface area contributed by atoms with Crippen LogP contribution in [0.4, 0.5) is 5.69 Å². The van der Waals surface area contributed by atoms with E-state index in [1.54, 1.807) is 44.2 Å². The van der Waals surface area contributed by atoms with E-state index in [4.69, 9.17) is 14.0 Å². The summed E-state index contributed by atoms with van der Waals surface area (Å²) in [5.41, 5.74) is 0.853. The molecule has 10 heteroatoms. The number of ether oxygens (including phenoxy) is 2. The Bertz CT molecular complexity index is 1070. The number of aryl methyl sites for hydroxylation is 1. The Labute approximate surface area is 205 Å². The Balaban J connectivity index is 1.94. The second-order valence-corrected chi connectivity index (χ2v) is 8.98. The van der Waals surface area contributed by atoms with Crippen molar-refractivity contribution in [2.75, 3.05) is 39.2 Å². The monoisotopic (exact) mass is 486 g/mol. The number of likely N-dealkylation sites (N-methyl/N-ethyl adjacent to an activating group) is 1. The summed E-state index contributed by atoms with van der Waals surface area (Å²) in [5, 5.41) is 6.47. The van der Waals surface area contributed by atoms with Crippen LogP contribution in [0.25, 0.3) is 0 Å². The molecule has 0 spiro atoms. The molecule has 190 valence electrons. The largest absolute Gasteiger partial charge is 0.491 e. The zero-order chi connectivity index (χ0) is 25.7. The van der Waals surface area contributed by atoms with Crippen molar-refractivity contribution in [3.05, 3.63) is 41.3 Å². The molecule has 1 aliphatic heterocycles. The summed E-state index contributed by atoms with van der Waals surface area (Å²) in [6, 6.07) is 6.20. The molecular weight excluding hydrogens is 452 g/mol. The maximum Gasteiger partial charge on any atom is 0.277 e. The Morgan fingerprint density at radius 3 is 2.60 bits per heavy atom. The summed E-state index contributed by atoms with van der Waals surface area (Å²) >= 11 is 0. The minimum Gasteiger partial charge on any atom is -0.491 e. The lowest BCUT2D eigenvalue weighted by atomic mass is 10.0. The van der Waals surface area contributed by atoms with Gasteiger partial charge in [-0.25, -0.2) is 0 Å². The fourth-order valence-electron chi connectivity index (χ4n) is 4.07. The van der Waals surface area contributed by atoms with Gasteiger partial charge in [-0.2, -0.15) is 0 Å². The van der Waals surface area contributed by atoms with E-state index in [-0.39, 0.29) is 42.2 Å². The number of anilines is 1. The molecule has 1 aromatic heterocycles. The van der Waals surface area contributed by atoms with Crippen LogP contribution in [0.1, 0.15) is 53.8 Å². The van der Waals surface area contributed by atoms with Crippen molar-refractivity contribution in [2.24, 2.45) is 5.92 Å². The van der Waals surface area contributed by atoms with Crippen molar-refractivity contribution >= 4 is 23.4 Å². The van der Waals surface area contributed by atoms with Gasteiger partial charge in [0.25, 0.3) is 11.8 Å². The molecule has 0 saturated carbocycles. The molecule has 0 saturated heterocycles. The standard InChI is InChI=1S/C25H34N4O6/c1-7-23(30)29-12-15(2)22(33-6)13-28(5)25(32)19-11-18(8-9-21(19)34-14-16(29)3)26-24(31)20-10-17(4)35-27-20/h8-11,15-16,22H,7,12-14H2,1-6H3,(H,26,31)/t15-,16+,22+/m1/s1. The lowest BCUT2D eigenvalue weighted by molar-refractivity contribution is -0.135. The summed E-state index contributed by atoms with van der Waals surface area (Å²) < 4.78 is 16.7. The first kappa shape index (κ1) is 26.2. The van der Waals surface area contributed by atoms with Gasteiger partial charge in [0.1, 0.15) is 18.1 Å². The first-order valence-corrected chi connectivity index (χ1v) is 11.7. The highest BCUT2D eigenvalue weighted by molar-refractivity contribution is 6.04. The minimum atomic E-state index is -0.452. The third-order valence-corrected chi connectivity index (χ3v) is 6.19. The fourth-order valence-corrected chi connectivity index (χ4v) is 4.07. The van der Waals surface area contributed by atoms with E-state index >= 15 is 0 Å². The molecular formula is C25H34N4O6. The van der Waals surface area contributed by atoms with E-state index in [2.05, 4.69) is 10.5 Å². The molecule has 10 nitrogen and oxygen atoms in total. The van der Waals surface area contributed by atoms with Crippen molar-refractivity contribution < 1.29 is 28.4 Å². The third-order valence-electron chi connectivity index (χ3n) is 6.19. The number of methoxy groups -OCH3 is 1. The maximum absolute atomic E-state index is 13.4. The highest BCUT2D eigenvalue weighted by Gasteiger charge is 2.30. The van der Waals surface area contributed by atoms with Gasteiger partial charge in [0.2, 0.25) is 5.91 Å². The van der Waals surface area contributed by atoms with Crippen LogP contribution in [0.2, 0.25) is 0 Å². The quantitative estimate of drug-likeness (QED) is 0.707. The molecule has 0 radical (unpaired) electrons.